The number of ether oxygens (including phenoxy) is 1. The lowest BCUT2D eigenvalue weighted by Crippen LogP contribution is -2.37. The molecular formula is C12H17ClN6O. The number of anilines is 1. The van der Waals surface area contributed by atoms with Crippen LogP contribution in [0, 0.1) is 0 Å². The van der Waals surface area contributed by atoms with Gasteiger partial charge in [-0.05, 0) is 25.4 Å². The first kappa shape index (κ1) is 14.7. The van der Waals surface area contributed by atoms with Gasteiger partial charge in [0, 0.05) is 26.0 Å². The van der Waals surface area contributed by atoms with Crippen LogP contribution in [0.25, 0.3) is 5.95 Å². The van der Waals surface area contributed by atoms with Crippen molar-refractivity contribution in [2.45, 2.75) is 19.9 Å². The molecule has 0 fully saturated rings. The van der Waals surface area contributed by atoms with Gasteiger partial charge in [0.25, 0.3) is 0 Å². The van der Waals surface area contributed by atoms with Crippen molar-refractivity contribution in [3.63, 3.8) is 0 Å². The SMILES string of the molecule is CCN(c1nc(Cl)nc(-n2ccnc2)n1)C(C)COC. The van der Waals surface area contributed by atoms with Gasteiger partial charge in [0.05, 0.1) is 12.6 Å². The van der Waals surface area contributed by atoms with Crippen molar-refractivity contribution < 1.29 is 4.74 Å². The molecule has 8 heteroatoms. The number of nitrogens with zero attached hydrogens (tertiary/aromatic N) is 6. The topological polar surface area (TPSA) is 69.0 Å². The first-order valence-electron chi connectivity index (χ1n) is 6.31. The van der Waals surface area contributed by atoms with Crippen molar-refractivity contribution in [1.29, 1.82) is 0 Å². The van der Waals surface area contributed by atoms with Crippen LogP contribution in [0.15, 0.2) is 18.7 Å². The molecule has 0 amide bonds. The summed E-state index contributed by atoms with van der Waals surface area (Å²) in [4.78, 5) is 18.7. The number of methoxy groups -OCH3 is 1. The summed E-state index contributed by atoms with van der Waals surface area (Å²) in [6.07, 6.45) is 5.02. The standard InChI is InChI=1S/C12H17ClN6O/c1-4-19(9(2)7-20-3)12-16-10(13)15-11(17-12)18-6-5-14-8-18/h5-6,8-9H,4,7H2,1-3H3. The van der Waals surface area contributed by atoms with Gasteiger partial charge < -0.3 is 9.64 Å². The summed E-state index contributed by atoms with van der Waals surface area (Å²) < 4.78 is 6.87. The molecular weight excluding hydrogens is 280 g/mol. The third kappa shape index (κ3) is 3.23. The molecule has 2 aromatic rings. The molecule has 108 valence electrons. The molecule has 2 rings (SSSR count). The minimum atomic E-state index is 0.138. The number of likely N-dealkylation sites (N-methyl/N-ethyl adjacent to an activating group) is 1. The third-order valence-corrected chi connectivity index (χ3v) is 3.03. The van der Waals surface area contributed by atoms with Crippen LogP contribution in [0.2, 0.25) is 5.28 Å². The van der Waals surface area contributed by atoms with E-state index in [-0.39, 0.29) is 11.3 Å². The predicted octanol–water partition coefficient (Wildman–Crippen LogP) is 1.57. The first-order valence-corrected chi connectivity index (χ1v) is 6.69. The van der Waals surface area contributed by atoms with E-state index in [2.05, 4.69) is 19.9 Å². The van der Waals surface area contributed by atoms with Crippen LogP contribution in [-0.2, 0) is 4.74 Å². The fourth-order valence-electron chi connectivity index (χ4n) is 1.93. The molecule has 2 heterocycles. The molecule has 7 nitrogen and oxygen atoms in total. The second-order valence-electron chi connectivity index (χ2n) is 4.26. The highest BCUT2D eigenvalue weighted by Gasteiger charge is 2.17. The number of rotatable bonds is 6. The van der Waals surface area contributed by atoms with Gasteiger partial charge in [-0.1, -0.05) is 0 Å². The summed E-state index contributed by atoms with van der Waals surface area (Å²) in [6, 6.07) is 0.138. The number of halogens is 1. The predicted molar refractivity (Wildman–Crippen MR) is 76.3 cm³/mol. The highest BCUT2D eigenvalue weighted by Crippen LogP contribution is 2.15. The van der Waals surface area contributed by atoms with Crippen molar-refractivity contribution in [3.8, 4) is 5.95 Å². The quantitative estimate of drug-likeness (QED) is 0.806. The highest BCUT2D eigenvalue weighted by molar-refractivity contribution is 6.28. The highest BCUT2D eigenvalue weighted by atomic mass is 35.5. The van der Waals surface area contributed by atoms with Gasteiger partial charge in [-0.2, -0.15) is 15.0 Å². The summed E-state index contributed by atoms with van der Waals surface area (Å²) in [6.45, 7) is 5.40. The molecule has 2 aromatic heterocycles. The van der Waals surface area contributed by atoms with Crippen molar-refractivity contribution in [2.24, 2.45) is 0 Å². The third-order valence-electron chi connectivity index (χ3n) is 2.86. The largest absolute Gasteiger partial charge is 0.383 e. The second kappa shape index (κ2) is 6.62. The summed E-state index contributed by atoms with van der Waals surface area (Å²) in [5.74, 6) is 0.973. The molecule has 0 saturated heterocycles. The Bertz CT molecular complexity index is 547. The average molecular weight is 297 g/mol. The van der Waals surface area contributed by atoms with Crippen LogP contribution in [0.1, 0.15) is 13.8 Å². The van der Waals surface area contributed by atoms with E-state index in [1.807, 2.05) is 18.7 Å². The maximum atomic E-state index is 6.00. The normalized spacial score (nSPS) is 12.4. The minimum Gasteiger partial charge on any atom is -0.383 e. The van der Waals surface area contributed by atoms with Crippen LogP contribution >= 0.6 is 11.6 Å². The van der Waals surface area contributed by atoms with Crippen molar-refractivity contribution in [1.82, 2.24) is 24.5 Å². The van der Waals surface area contributed by atoms with E-state index < -0.39 is 0 Å². The molecule has 0 bridgehead atoms. The zero-order chi connectivity index (χ0) is 14.5. The van der Waals surface area contributed by atoms with Crippen molar-refractivity contribution in [2.75, 3.05) is 25.2 Å². The number of aromatic nitrogens is 5. The summed E-state index contributed by atoms with van der Waals surface area (Å²) >= 11 is 6.00. The lowest BCUT2D eigenvalue weighted by Gasteiger charge is -2.27. The van der Waals surface area contributed by atoms with Crippen LogP contribution in [0.4, 0.5) is 5.95 Å². The van der Waals surface area contributed by atoms with E-state index in [9.17, 15) is 0 Å². The molecule has 0 radical (unpaired) electrons. The van der Waals surface area contributed by atoms with Crippen LogP contribution in [0.5, 0.6) is 0 Å². The molecule has 20 heavy (non-hydrogen) atoms. The second-order valence-corrected chi connectivity index (χ2v) is 4.60. The van der Waals surface area contributed by atoms with E-state index in [1.54, 1.807) is 30.4 Å². The molecule has 1 unspecified atom stereocenters. The Kier molecular flexibility index (Phi) is 4.86. The monoisotopic (exact) mass is 296 g/mol. The lowest BCUT2D eigenvalue weighted by molar-refractivity contribution is 0.181. The van der Waals surface area contributed by atoms with E-state index in [0.717, 1.165) is 6.54 Å². The Morgan fingerprint density at radius 1 is 1.40 bits per heavy atom. The minimum absolute atomic E-state index is 0.138. The van der Waals surface area contributed by atoms with Crippen LogP contribution in [0.3, 0.4) is 0 Å². The molecule has 0 spiro atoms. The smallest absolute Gasteiger partial charge is 0.241 e. The molecule has 0 aromatic carbocycles. The first-order chi connectivity index (χ1) is 9.65. The molecule has 1 atom stereocenters. The lowest BCUT2D eigenvalue weighted by atomic mass is 10.3. The molecule has 0 aliphatic heterocycles. The summed E-state index contributed by atoms with van der Waals surface area (Å²) in [5, 5.41) is 0.154. The number of hydrogen-bond acceptors (Lipinski definition) is 6. The Morgan fingerprint density at radius 3 is 2.80 bits per heavy atom. The van der Waals surface area contributed by atoms with Gasteiger partial charge in [0.15, 0.2) is 0 Å². The van der Waals surface area contributed by atoms with Crippen LogP contribution in [-0.4, -0.2) is 50.8 Å². The zero-order valence-corrected chi connectivity index (χ0v) is 12.4. The molecule has 0 aliphatic carbocycles. The van der Waals surface area contributed by atoms with Crippen molar-refractivity contribution in [3.05, 3.63) is 24.0 Å². The van der Waals surface area contributed by atoms with Gasteiger partial charge in [0.1, 0.15) is 6.33 Å². The molecule has 0 N–H and O–H groups in total. The zero-order valence-electron chi connectivity index (χ0n) is 11.7. The Balaban J connectivity index is 2.35. The fourth-order valence-corrected chi connectivity index (χ4v) is 2.08. The maximum Gasteiger partial charge on any atom is 0.241 e. The Labute approximate surface area is 122 Å². The van der Waals surface area contributed by atoms with Gasteiger partial charge in [-0.25, -0.2) is 4.98 Å². The van der Waals surface area contributed by atoms with Crippen molar-refractivity contribution >= 4 is 17.5 Å². The fraction of sp³-hybridized carbons (Fsp3) is 0.500. The summed E-state index contributed by atoms with van der Waals surface area (Å²) in [5.41, 5.74) is 0. The molecule has 0 saturated carbocycles. The van der Waals surface area contributed by atoms with E-state index in [4.69, 9.17) is 16.3 Å². The average Bonchev–Trinajstić information content (AvgIpc) is 2.93. The maximum absolute atomic E-state index is 6.00. The number of hydrogen-bond donors (Lipinski definition) is 0. The summed E-state index contributed by atoms with van der Waals surface area (Å²) in [7, 11) is 1.67. The van der Waals surface area contributed by atoms with E-state index >= 15 is 0 Å². The van der Waals surface area contributed by atoms with E-state index in [1.165, 1.54) is 0 Å². The van der Waals surface area contributed by atoms with Crippen LogP contribution < -0.4 is 4.90 Å². The Morgan fingerprint density at radius 2 is 2.20 bits per heavy atom. The Hall–Kier alpha value is -1.73. The van der Waals surface area contributed by atoms with Gasteiger partial charge in [-0.15, -0.1) is 0 Å². The van der Waals surface area contributed by atoms with Gasteiger partial charge >= 0.3 is 0 Å². The van der Waals surface area contributed by atoms with Gasteiger partial charge in [-0.3, -0.25) is 4.57 Å². The van der Waals surface area contributed by atoms with E-state index in [0.29, 0.717) is 18.5 Å². The molecule has 0 aliphatic rings. The van der Waals surface area contributed by atoms with Gasteiger partial charge in [0.2, 0.25) is 17.2 Å². The number of imidazole rings is 1.